The molecule has 0 spiro atoms. The Morgan fingerprint density at radius 2 is 1.74 bits per heavy atom. The molecule has 0 aliphatic carbocycles. The zero-order valence-electron chi connectivity index (χ0n) is 28.4. The van der Waals surface area contributed by atoms with E-state index in [2.05, 4.69) is 26.8 Å². The van der Waals surface area contributed by atoms with Crippen LogP contribution in [0.4, 0.5) is 31.1 Å². The minimum Gasteiger partial charge on any atom is -0.447 e. The normalized spacial score (nSPS) is 19.1. The van der Waals surface area contributed by atoms with Crippen LogP contribution in [0.5, 0.6) is 0 Å². The number of ether oxygens (including phenoxy) is 1. The van der Waals surface area contributed by atoms with Crippen molar-refractivity contribution in [1.82, 2.24) is 34.3 Å². The standard InChI is InChI=1S/C34H32ClF6N9O3/c1-18(32(2,3)4)34(22-8-5-19(6-9-22)21-12-44-48(13-21)29(38)39)28(51)49(30(42)46-34)25(14-53-31(52)47-15-33(40,41)16-47)20-7-10-23(35)24(11-20)50-27(26(36)37)43-17-45-50/h5-13,17,25-26,29H,1,14-16H2,2-4H3,(H2,42,46)/t25-,34-/m1/s1. The average Bonchev–Trinajstić information content (AvgIpc) is 3.83. The monoisotopic (exact) mass is 763 g/mol. The molecule has 6 rings (SSSR count). The Hall–Kier alpha value is -5.39. The number of nitrogens with zero attached hydrogens (tertiary/aromatic N) is 8. The molecule has 4 aromatic rings. The first-order chi connectivity index (χ1) is 24.8. The van der Waals surface area contributed by atoms with Crippen molar-refractivity contribution < 1.29 is 40.7 Å². The van der Waals surface area contributed by atoms with Gasteiger partial charge in [0.15, 0.2) is 11.4 Å². The maximum atomic E-state index is 15.0. The minimum absolute atomic E-state index is 0.0243. The summed E-state index contributed by atoms with van der Waals surface area (Å²) in [4.78, 5) is 38.0. The van der Waals surface area contributed by atoms with Gasteiger partial charge >= 0.3 is 12.6 Å². The molecule has 0 bridgehead atoms. The predicted molar refractivity (Wildman–Crippen MR) is 180 cm³/mol. The molecule has 2 aromatic heterocycles. The van der Waals surface area contributed by atoms with Crippen LogP contribution in [0, 0.1) is 5.41 Å². The van der Waals surface area contributed by atoms with E-state index in [1.807, 2.05) is 0 Å². The van der Waals surface area contributed by atoms with Crippen LogP contribution >= 0.6 is 11.6 Å². The van der Waals surface area contributed by atoms with Crippen LogP contribution in [0.25, 0.3) is 16.8 Å². The van der Waals surface area contributed by atoms with E-state index in [1.54, 1.807) is 45.0 Å². The summed E-state index contributed by atoms with van der Waals surface area (Å²) in [7, 11) is 0. The second kappa shape index (κ2) is 13.5. The topological polar surface area (TPSA) is 137 Å². The van der Waals surface area contributed by atoms with E-state index in [-0.39, 0.29) is 22.2 Å². The van der Waals surface area contributed by atoms with Gasteiger partial charge in [0, 0.05) is 11.8 Å². The van der Waals surface area contributed by atoms with Gasteiger partial charge in [0.05, 0.1) is 36.0 Å². The molecular formula is C34H32ClF6N9O3. The number of halogens is 7. The summed E-state index contributed by atoms with van der Waals surface area (Å²) in [6.07, 6.45) is -0.795. The number of likely N-dealkylation sites (tertiary alicyclic amines) is 1. The minimum atomic E-state index is -3.09. The summed E-state index contributed by atoms with van der Waals surface area (Å²) in [6, 6.07) is 9.11. The van der Waals surface area contributed by atoms with Gasteiger partial charge in [0.1, 0.15) is 12.9 Å². The van der Waals surface area contributed by atoms with Crippen molar-refractivity contribution in [2.75, 3.05) is 19.7 Å². The highest BCUT2D eigenvalue weighted by molar-refractivity contribution is 6.32. The molecule has 4 heterocycles. The van der Waals surface area contributed by atoms with Crippen LogP contribution < -0.4 is 5.73 Å². The van der Waals surface area contributed by atoms with Gasteiger partial charge in [0.2, 0.25) is 5.96 Å². The maximum absolute atomic E-state index is 15.0. The van der Waals surface area contributed by atoms with E-state index in [0.717, 1.165) is 20.8 Å². The summed E-state index contributed by atoms with van der Waals surface area (Å²) >= 11 is 6.42. The number of aliphatic imine (C=N–C) groups is 1. The molecule has 53 heavy (non-hydrogen) atoms. The summed E-state index contributed by atoms with van der Waals surface area (Å²) in [6.45, 7) is 4.43. The smallest absolute Gasteiger partial charge is 0.410 e. The maximum Gasteiger partial charge on any atom is 0.410 e. The molecule has 2 amide bonds. The van der Waals surface area contributed by atoms with Crippen molar-refractivity contribution in [2.45, 2.75) is 51.2 Å². The predicted octanol–water partition coefficient (Wildman–Crippen LogP) is 6.90. The van der Waals surface area contributed by atoms with Crippen molar-refractivity contribution in [2.24, 2.45) is 16.1 Å². The molecule has 2 aliphatic rings. The largest absolute Gasteiger partial charge is 0.447 e. The zero-order chi connectivity index (χ0) is 38.6. The molecular weight excluding hydrogens is 732 g/mol. The van der Waals surface area contributed by atoms with Gasteiger partial charge in [-0.25, -0.2) is 41.7 Å². The highest BCUT2D eigenvalue weighted by atomic mass is 35.5. The van der Waals surface area contributed by atoms with Gasteiger partial charge in [-0.15, -0.1) is 0 Å². The summed E-state index contributed by atoms with van der Waals surface area (Å²) in [5.74, 6) is -4.90. The molecule has 2 aromatic carbocycles. The first-order valence-corrected chi connectivity index (χ1v) is 16.3. The molecule has 2 atom stereocenters. The number of hydrogen-bond acceptors (Lipinski definition) is 8. The summed E-state index contributed by atoms with van der Waals surface area (Å²) in [5.41, 5.74) is 5.49. The van der Waals surface area contributed by atoms with Crippen molar-refractivity contribution in [3.8, 4) is 16.8 Å². The number of nitrogens with two attached hydrogens (primary N) is 1. The van der Waals surface area contributed by atoms with E-state index in [4.69, 9.17) is 22.1 Å². The van der Waals surface area contributed by atoms with Gasteiger partial charge in [-0.3, -0.25) is 14.6 Å². The fourth-order valence-electron chi connectivity index (χ4n) is 6.14. The second-order valence-corrected chi connectivity index (χ2v) is 13.9. The Morgan fingerprint density at radius 3 is 2.32 bits per heavy atom. The first kappa shape index (κ1) is 37.4. The molecule has 0 unspecified atom stereocenters. The number of guanidine groups is 1. The lowest BCUT2D eigenvalue weighted by molar-refractivity contribution is -0.134. The SMILES string of the molecule is C=C(C(C)(C)C)[C@]1(c2ccc(-c3cnn(C(F)F)c3)cc2)N=C(N)N([C@H](COC(=O)N2CC(F)(F)C2)c2ccc(Cl)c(-n3ncnc3C(F)F)c2)C1=O. The Kier molecular flexibility index (Phi) is 9.55. The number of benzene rings is 2. The van der Waals surface area contributed by atoms with Crippen LogP contribution in [-0.4, -0.2) is 77.9 Å². The van der Waals surface area contributed by atoms with Crippen molar-refractivity contribution in [1.29, 1.82) is 0 Å². The molecule has 2 N–H and O–H groups in total. The van der Waals surface area contributed by atoms with E-state index in [9.17, 15) is 31.1 Å². The van der Waals surface area contributed by atoms with Gasteiger partial charge in [-0.2, -0.15) is 19.0 Å². The fraction of sp³-hybridized carbons (Fsp3) is 0.353. The second-order valence-electron chi connectivity index (χ2n) is 13.5. The lowest BCUT2D eigenvalue weighted by Gasteiger charge is -2.39. The zero-order valence-corrected chi connectivity index (χ0v) is 29.1. The third kappa shape index (κ3) is 6.82. The van der Waals surface area contributed by atoms with Gasteiger partial charge in [-0.1, -0.05) is 69.3 Å². The highest BCUT2D eigenvalue weighted by Crippen LogP contribution is 2.48. The van der Waals surface area contributed by atoms with Gasteiger partial charge < -0.3 is 10.5 Å². The molecule has 12 nitrogen and oxygen atoms in total. The average molecular weight is 764 g/mol. The summed E-state index contributed by atoms with van der Waals surface area (Å²) in [5, 5.41) is 7.52. The number of amides is 2. The molecule has 0 saturated carbocycles. The Morgan fingerprint density at radius 1 is 1.06 bits per heavy atom. The van der Waals surface area contributed by atoms with E-state index >= 15 is 4.79 Å². The molecule has 1 fully saturated rings. The van der Waals surface area contributed by atoms with Crippen molar-refractivity contribution in [3.63, 3.8) is 0 Å². The van der Waals surface area contributed by atoms with Crippen LogP contribution in [0.2, 0.25) is 5.02 Å². The number of carbonyl (C=O) groups is 2. The molecule has 19 heteroatoms. The van der Waals surface area contributed by atoms with E-state index < -0.39 is 73.4 Å². The molecule has 1 saturated heterocycles. The van der Waals surface area contributed by atoms with E-state index in [1.165, 1.54) is 30.6 Å². The molecule has 2 aliphatic heterocycles. The van der Waals surface area contributed by atoms with Crippen molar-refractivity contribution in [3.05, 3.63) is 95.3 Å². The number of hydrogen-bond donors (Lipinski definition) is 1. The lowest BCUT2D eigenvalue weighted by Crippen LogP contribution is -2.58. The van der Waals surface area contributed by atoms with Crippen molar-refractivity contribution >= 4 is 29.6 Å². The quantitative estimate of drug-likeness (QED) is 0.137. The number of rotatable bonds is 10. The Balaban J connectivity index is 1.43. The van der Waals surface area contributed by atoms with Crippen LogP contribution in [-0.2, 0) is 15.1 Å². The Bertz CT molecular complexity index is 2090. The van der Waals surface area contributed by atoms with E-state index in [0.29, 0.717) is 26.9 Å². The van der Waals surface area contributed by atoms with Crippen LogP contribution in [0.15, 0.2) is 78.3 Å². The van der Waals surface area contributed by atoms with Gasteiger partial charge in [-0.05, 0) is 39.8 Å². The van der Waals surface area contributed by atoms with Crippen LogP contribution in [0.3, 0.4) is 0 Å². The number of aromatic nitrogens is 5. The third-order valence-electron chi connectivity index (χ3n) is 8.97. The number of alkyl halides is 6. The van der Waals surface area contributed by atoms with Gasteiger partial charge in [0.25, 0.3) is 18.3 Å². The summed E-state index contributed by atoms with van der Waals surface area (Å²) < 4.78 is 88.0. The Labute approximate surface area is 303 Å². The number of carbonyl (C=O) groups excluding carboxylic acids is 2. The molecule has 280 valence electrons. The third-order valence-corrected chi connectivity index (χ3v) is 9.29. The van der Waals surface area contributed by atoms with Crippen LogP contribution in [0.1, 0.15) is 56.7 Å². The fourth-order valence-corrected chi connectivity index (χ4v) is 6.34. The highest BCUT2D eigenvalue weighted by Gasteiger charge is 2.56. The molecule has 0 radical (unpaired) electrons. The first-order valence-electron chi connectivity index (χ1n) is 15.9. The lowest BCUT2D eigenvalue weighted by atomic mass is 9.71.